The summed E-state index contributed by atoms with van der Waals surface area (Å²) in [5, 5.41) is 0. The molecule has 0 spiro atoms. The van der Waals surface area contributed by atoms with Crippen molar-refractivity contribution in [2.75, 3.05) is 13.1 Å². The van der Waals surface area contributed by atoms with E-state index < -0.39 is 0 Å². The lowest BCUT2D eigenvalue weighted by atomic mass is 10.1. The molecule has 0 aromatic heterocycles. The SMILES string of the molecule is CCCN(CC)C(=O)c1cccc(Br)c1C. The molecule has 1 amide bonds. The number of nitrogens with zero attached hydrogens (tertiary/aromatic N) is 1. The minimum absolute atomic E-state index is 0.128. The van der Waals surface area contributed by atoms with Crippen LogP contribution in [-0.4, -0.2) is 23.9 Å². The lowest BCUT2D eigenvalue weighted by Crippen LogP contribution is -2.32. The van der Waals surface area contributed by atoms with Crippen LogP contribution in [0.5, 0.6) is 0 Å². The van der Waals surface area contributed by atoms with Gasteiger partial charge in [-0.3, -0.25) is 4.79 Å². The minimum atomic E-state index is 0.128. The van der Waals surface area contributed by atoms with Crippen LogP contribution in [0.2, 0.25) is 0 Å². The Hall–Kier alpha value is -0.830. The largest absolute Gasteiger partial charge is 0.339 e. The Morgan fingerprint density at radius 2 is 2.06 bits per heavy atom. The highest BCUT2D eigenvalue weighted by Crippen LogP contribution is 2.20. The van der Waals surface area contributed by atoms with Gasteiger partial charge in [0, 0.05) is 23.1 Å². The fourth-order valence-electron chi connectivity index (χ4n) is 1.68. The Morgan fingerprint density at radius 1 is 1.38 bits per heavy atom. The van der Waals surface area contributed by atoms with Crippen LogP contribution in [0.3, 0.4) is 0 Å². The monoisotopic (exact) mass is 283 g/mol. The van der Waals surface area contributed by atoms with Crippen LogP contribution in [0, 0.1) is 6.92 Å². The Morgan fingerprint density at radius 3 is 2.62 bits per heavy atom. The van der Waals surface area contributed by atoms with Crippen molar-refractivity contribution >= 4 is 21.8 Å². The predicted octanol–water partition coefficient (Wildman–Crippen LogP) is 3.63. The summed E-state index contributed by atoms with van der Waals surface area (Å²) in [6.07, 6.45) is 0.993. The maximum Gasteiger partial charge on any atom is 0.254 e. The highest BCUT2D eigenvalue weighted by atomic mass is 79.9. The van der Waals surface area contributed by atoms with E-state index in [9.17, 15) is 4.79 Å². The Balaban J connectivity index is 2.99. The summed E-state index contributed by atoms with van der Waals surface area (Å²) < 4.78 is 0.992. The third-order valence-corrected chi connectivity index (χ3v) is 3.52. The van der Waals surface area contributed by atoms with Crippen LogP contribution in [0.1, 0.15) is 36.2 Å². The van der Waals surface area contributed by atoms with Crippen molar-refractivity contribution < 1.29 is 4.79 Å². The van der Waals surface area contributed by atoms with Gasteiger partial charge in [-0.05, 0) is 38.0 Å². The molecule has 0 radical (unpaired) electrons. The molecular weight excluding hydrogens is 266 g/mol. The molecule has 0 aliphatic carbocycles. The van der Waals surface area contributed by atoms with Crippen LogP contribution in [0.4, 0.5) is 0 Å². The molecule has 16 heavy (non-hydrogen) atoms. The van der Waals surface area contributed by atoms with Gasteiger partial charge in [0.05, 0.1) is 0 Å². The van der Waals surface area contributed by atoms with Crippen molar-refractivity contribution in [3.05, 3.63) is 33.8 Å². The van der Waals surface area contributed by atoms with Gasteiger partial charge in [0.15, 0.2) is 0 Å². The van der Waals surface area contributed by atoms with E-state index in [0.29, 0.717) is 0 Å². The molecule has 1 rings (SSSR count). The zero-order valence-electron chi connectivity index (χ0n) is 10.1. The summed E-state index contributed by atoms with van der Waals surface area (Å²) in [6.45, 7) is 7.65. The zero-order chi connectivity index (χ0) is 12.1. The van der Waals surface area contributed by atoms with E-state index in [4.69, 9.17) is 0 Å². The smallest absolute Gasteiger partial charge is 0.254 e. The number of hydrogen-bond acceptors (Lipinski definition) is 1. The van der Waals surface area contributed by atoms with Crippen molar-refractivity contribution in [2.24, 2.45) is 0 Å². The van der Waals surface area contributed by atoms with Gasteiger partial charge in [-0.2, -0.15) is 0 Å². The number of benzene rings is 1. The standard InChI is InChI=1S/C13H18BrNO/c1-4-9-15(5-2)13(16)11-7-6-8-12(14)10(11)3/h6-8H,4-5,9H2,1-3H3. The van der Waals surface area contributed by atoms with Crippen LogP contribution in [0.25, 0.3) is 0 Å². The normalized spacial score (nSPS) is 10.2. The molecule has 1 aromatic rings. The maximum atomic E-state index is 12.2. The van der Waals surface area contributed by atoms with Crippen LogP contribution in [0.15, 0.2) is 22.7 Å². The van der Waals surface area contributed by atoms with E-state index in [2.05, 4.69) is 22.9 Å². The van der Waals surface area contributed by atoms with Crippen molar-refractivity contribution in [3.8, 4) is 0 Å². The summed E-state index contributed by atoms with van der Waals surface area (Å²) in [7, 11) is 0. The van der Waals surface area contributed by atoms with Crippen molar-refractivity contribution in [1.29, 1.82) is 0 Å². The van der Waals surface area contributed by atoms with Gasteiger partial charge in [0.25, 0.3) is 5.91 Å². The van der Waals surface area contributed by atoms with Crippen molar-refractivity contribution in [2.45, 2.75) is 27.2 Å². The molecule has 2 nitrogen and oxygen atoms in total. The number of halogens is 1. The second-order valence-corrected chi connectivity index (χ2v) is 4.65. The molecule has 0 fully saturated rings. The van der Waals surface area contributed by atoms with Gasteiger partial charge in [-0.15, -0.1) is 0 Å². The Kier molecular flexibility index (Phi) is 5.00. The topological polar surface area (TPSA) is 20.3 Å². The van der Waals surface area contributed by atoms with Gasteiger partial charge in [0.1, 0.15) is 0 Å². The van der Waals surface area contributed by atoms with E-state index in [0.717, 1.165) is 35.1 Å². The van der Waals surface area contributed by atoms with Gasteiger partial charge < -0.3 is 4.90 Å². The molecule has 3 heteroatoms. The number of hydrogen-bond donors (Lipinski definition) is 0. The summed E-state index contributed by atoms with van der Waals surface area (Å²) >= 11 is 3.45. The molecule has 0 aliphatic rings. The number of carbonyl (C=O) groups is 1. The van der Waals surface area contributed by atoms with Gasteiger partial charge in [-0.25, -0.2) is 0 Å². The first-order chi connectivity index (χ1) is 7.61. The lowest BCUT2D eigenvalue weighted by Gasteiger charge is -2.21. The minimum Gasteiger partial charge on any atom is -0.339 e. The van der Waals surface area contributed by atoms with E-state index >= 15 is 0 Å². The van der Waals surface area contributed by atoms with Crippen LogP contribution < -0.4 is 0 Å². The van der Waals surface area contributed by atoms with E-state index in [1.54, 1.807) is 0 Å². The van der Waals surface area contributed by atoms with Gasteiger partial charge >= 0.3 is 0 Å². The van der Waals surface area contributed by atoms with Gasteiger partial charge in [0.2, 0.25) is 0 Å². The van der Waals surface area contributed by atoms with E-state index in [1.165, 1.54) is 0 Å². The molecule has 0 unspecified atom stereocenters. The third-order valence-electron chi connectivity index (χ3n) is 2.66. The highest BCUT2D eigenvalue weighted by molar-refractivity contribution is 9.10. The molecule has 0 bridgehead atoms. The van der Waals surface area contributed by atoms with Gasteiger partial charge in [-0.1, -0.05) is 28.9 Å². The van der Waals surface area contributed by atoms with E-state index in [1.807, 2.05) is 36.9 Å². The second-order valence-electron chi connectivity index (χ2n) is 3.80. The van der Waals surface area contributed by atoms with Crippen LogP contribution >= 0.6 is 15.9 Å². The summed E-state index contributed by atoms with van der Waals surface area (Å²) in [6, 6.07) is 5.76. The third kappa shape index (κ3) is 2.85. The number of rotatable bonds is 4. The first-order valence-electron chi connectivity index (χ1n) is 5.66. The quantitative estimate of drug-likeness (QED) is 0.826. The molecule has 0 atom stereocenters. The molecule has 0 saturated heterocycles. The van der Waals surface area contributed by atoms with Crippen molar-refractivity contribution in [3.63, 3.8) is 0 Å². The average molecular weight is 284 g/mol. The van der Waals surface area contributed by atoms with Crippen LogP contribution in [-0.2, 0) is 0 Å². The molecule has 0 saturated carbocycles. The Bertz CT molecular complexity index is 376. The summed E-state index contributed by atoms with van der Waals surface area (Å²) in [4.78, 5) is 14.1. The summed E-state index contributed by atoms with van der Waals surface area (Å²) in [5.74, 6) is 0.128. The fraction of sp³-hybridized carbons (Fsp3) is 0.462. The molecule has 88 valence electrons. The first kappa shape index (κ1) is 13.2. The van der Waals surface area contributed by atoms with Crippen molar-refractivity contribution in [1.82, 2.24) is 4.90 Å². The highest BCUT2D eigenvalue weighted by Gasteiger charge is 2.16. The first-order valence-corrected chi connectivity index (χ1v) is 6.45. The second kappa shape index (κ2) is 6.04. The lowest BCUT2D eigenvalue weighted by molar-refractivity contribution is 0.0763. The molecule has 1 aromatic carbocycles. The average Bonchev–Trinajstić information content (AvgIpc) is 2.29. The molecular formula is C13H18BrNO. The maximum absolute atomic E-state index is 12.2. The fourth-order valence-corrected chi connectivity index (χ4v) is 2.05. The molecule has 0 aliphatic heterocycles. The number of amides is 1. The Labute approximate surface area is 106 Å². The zero-order valence-corrected chi connectivity index (χ0v) is 11.7. The molecule has 0 N–H and O–H groups in total. The predicted molar refractivity (Wildman–Crippen MR) is 70.7 cm³/mol. The molecule has 0 heterocycles. The summed E-state index contributed by atoms with van der Waals surface area (Å²) in [5.41, 5.74) is 1.81. The van der Waals surface area contributed by atoms with E-state index in [-0.39, 0.29) is 5.91 Å². The number of carbonyl (C=O) groups excluding carboxylic acids is 1.